The summed E-state index contributed by atoms with van der Waals surface area (Å²) in [5, 5.41) is 1.29. The summed E-state index contributed by atoms with van der Waals surface area (Å²) in [6.07, 6.45) is 0. The van der Waals surface area contributed by atoms with E-state index in [1.165, 1.54) is 17.1 Å². The molecule has 12 heteroatoms. The molecule has 148 valence electrons. The van der Waals surface area contributed by atoms with Gasteiger partial charge in [0.15, 0.2) is 11.6 Å². The Labute approximate surface area is 161 Å². The third kappa shape index (κ3) is 4.49. The van der Waals surface area contributed by atoms with Crippen LogP contribution in [0.1, 0.15) is 11.3 Å². The zero-order chi connectivity index (χ0) is 20.5. The van der Waals surface area contributed by atoms with E-state index >= 15 is 0 Å². The first-order valence-electron chi connectivity index (χ1n) is 7.98. The quantitative estimate of drug-likeness (QED) is 0.227. The van der Waals surface area contributed by atoms with Crippen LogP contribution in [-0.4, -0.2) is 22.9 Å². The lowest BCUT2D eigenvalue weighted by Gasteiger charge is -2.20. The normalized spacial score (nSPS) is 11.4. The fourth-order valence-corrected chi connectivity index (χ4v) is 2.98. The van der Waals surface area contributed by atoms with Gasteiger partial charge in [0.2, 0.25) is 5.95 Å². The van der Waals surface area contributed by atoms with E-state index in [1.807, 2.05) is 4.72 Å². The van der Waals surface area contributed by atoms with Crippen LogP contribution in [0.5, 0.6) is 0 Å². The van der Waals surface area contributed by atoms with Gasteiger partial charge < -0.3 is 15.9 Å². The number of nitrogens with two attached hydrogens (primary N) is 3. The molecular weight excluding hydrogens is 386 g/mol. The van der Waals surface area contributed by atoms with E-state index in [0.29, 0.717) is 17.2 Å². The third-order valence-corrected chi connectivity index (χ3v) is 4.24. The minimum Gasteiger partial charge on any atom is -0.460 e. The molecule has 0 radical (unpaired) electrons. The van der Waals surface area contributed by atoms with Gasteiger partial charge in [-0.05, 0) is 36.8 Å². The van der Waals surface area contributed by atoms with E-state index in [1.54, 1.807) is 31.2 Å². The van der Waals surface area contributed by atoms with Crippen molar-refractivity contribution in [3.05, 3.63) is 47.7 Å². The largest absolute Gasteiger partial charge is 0.460 e. The molecule has 28 heavy (non-hydrogen) atoms. The van der Waals surface area contributed by atoms with Crippen LogP contribution in [0.4, 0.5) is 23.1 Å². The Hall–Kier alpha value is -3.35. The van der Waals surface area contributed by atoms with Crippen LogP contribution in [0.2, 0.25) is 0 Å². The van der Waals surface area contributed by atoms with Crippen molar-refractivity contribution in [1.82, 2.24) is 9.97 Å². The summed E-state index contributed by atoms with van der Waals surface area (Å²) in [7, 11) is -4.34. The van der Waals surface area contributed by atoms with Crippen molar-refractivity contribution in [2.45, 2.75) is 13.5 Å². The molecule has 2 aromatic heterocycles. The first kappa shape index (κ1) is 19.4. The predicted octanol–water partition coefficient (Wildman–Crippen LogP) is 1.30. The van der Waals surface area contributed by atoms with Gasteiger partial charge in [0.1, 0.15) is 17.1 Å². The molecule has 0 saturated carbocycles. The van der Waals surface area contributed by atoms with Crippen molar-refractivity contribution in [2.75, 3.05) is 21.2 Å². The number of nitrogen functional groups attached to an aromatic ring is 2. The lowest BCUT2D eigenvalue weighted by Crippen LogP contribution is -2.32. The summed E-state index contributed by atoms with van der Waals surface area (Å²) in [5.74, 6) is 7.45. The summed E-state index contributed by atoms with van der Waals surface area (Å²) in [4.78, 5) is 8.23. The molecular formula is C16H19N7O4S. The summed E-state index contributed by atoms with van der Waals surface area (Å²) in [6, 6.07) is 9.71. The van der Waals surface area contributed by atoms with Crippen molar-refractivity contribution in [3.8, 4) is 11.5 Å². The van der Waals surface area contributed by atoms with Crippen LogP contribution in [-0.2, 0) is 16.8 Å². The fourth-order valence-electron chi connectivity index (χ4n) is 2.54. The van der Waals surface area contributed by atoms with E-state index in [2.05, 4.69) is 9.97 Å². The Kier molecular flexibility index (Phi) is 5.09. The van der Waals surface area contributed by atoms with Crippen molar-refractivity contribution in [3.63, 3.8) is 0 Å². The van der Waals surface area contributed by atoms with Gasteiger partial charge in [0, 0.05) is 0 Å². The van der Waals surface area contributed by atoms with Crippen LogP contribution < -0.4 is 27.0 Å². The van der Waals surface area contributed by atoms with Crippen LogP contribution in [0.25, 0.3) is 11.5 Å². The molecule has 0 spiro atoms. The Morgan fingerprint density at radius 3 is 2.39 bits per heavy atom. The highest BCUT2D eigenvalue weighted by Gasteiger charge is 2.18. The second-order valence-electron chi connectivity index (χ2n) is 5.98. The highest BCUT2D eigenvalue weighted by atomic mass is 32.2. The second-order valence-corrected chi connectivity index (χ2v) is 7.13. The van der Waals surface area contributed by atoms with Crippen molar-refractivity contribution < 1.29 is 17.4 Å². The maximum atomic E-state index is 10.8. The van der Waals surface area contributed by atoms with E-state index < -0.39 is 10.3 Å². The van der Waals surface area contributed by atoms with Gasteiger partial charge in [-0.1, -0.05) is 12.1 Å². The second kappa shape index (κ2) is 7.34. The molecule has 0 saturated heterocycles. The molecule has 11 nitrogen and oxygen atoms in total. The Morgan fingerprint density at radius 2 is 1.82 bits per heavy atom. The van der Waals surface area contributed by atoms with Crippen LogP contribution in [0, 0.1) is 6.92 Å². The number of hydrogen-bond donors (Lipinski definition) is 5. The van der Waals surface area contributed by atoms with Gasteiger partial charge in [-0.3, -0.25) is 14.3 Å². The van der Waals surface area contributed by atoms with Crippen LogP contribution in [0.15, 0.2) is 40.8 Å². The monoisotopic (exact) mass is 405 g/mol. The van der Waals surface area contributed by atoms with Crippen molar-refractivity contribution in [2.24, 2.45) is 5.84 Å². The van der Waals surface area contributed by atoms with Gasteiger partial charge in [0.05, 0.1) is 12.2 Å². The topological polar surface area (TPSA) is 187 Å². The molecule has 0 aliphatic heterocycles. The van der Waals surface area contributed by atoms with E-state index in [4.69, 9.17) is 26.3 Å². The lowest BCUT2D eigenvalue weighted by atomic mass is 10.2. The summed E-state index contributed by atoms with van der Waals surface area (Å²) in [5.41, 5.74) is 13.4. The fraction of sp³-hybridized carbons (Fsp3) is 0.125. The SMILES string of the molecule is Cc1ccc(-c2nc(N)nc(N(N)Cc3ccc(NS(=O)(=O)O)cc3)c2N)o1. The summed E-state index contributed by atoms with van der Waals surface area (Å²) in [6.45, 7) is 1.99. The average Bonchev–Trinajstić information content (AvgIpc) is 3.03. The summed E-state index contributed by atoms with van der Waals surface area (Å²) >= 11 is 0. The number of nitrogens with one attached hydrogen (secondary N) is 1. The summed E-state index contributed by atoms with van der Waals surface area (Å²) < 4.78 is 38.0. The van der Waals surface area contributed by atoms with Gasteiger partial charge in [-0.25, -0.2) is 10.8 Å². The number of aromatic nitrogens is 2. The van der Waals surface area contributed by atoms with E-state index in [9.17, 15) is 8.42 Å². The smallest absolute Gasteiger partial charge is 0.357 e. The highest BCUT2D eigenvalue weighted by Crippen LogP contribution is 2.32. The molecule has 3 aromatic rings. The zero-order valence-corrected chi connectivity index (χ0v) is 15.6. The standard InChI is InChI=1S/C16H19N7O4S/c1-9-2-7-12(27-9)14-13(17)15(21-16(18)20-14)23(19)8-10-3-5-11(6-4-10)22-28(24,25)26/h2-7,22H,8,17,19H2,1H3,(H2,18,20,21)(H,24,25,26). The lowest BCUT2D eigenvalue weighted by molar-refractivity contribution is 0.489. The number of hydrogen-bond acceptors (Lipinski definition) is 9. The molecule has 3 rings (SSSR count). The first-order chi connectivity index (χ1) is 13.1. The number of nitrogens with zero attached hydrogens (tertiary/aromatic N) is 3. The van der Waals surface area contributed by atoms with Crippen LogP contribution in [0.3, 0.4) is 0 Å². The minimum atomic E-state index is -4.34. The van der Waals surface area contributed by atoms with Gasteiger partial charge in [-0.2, -0.15) is 13.4 Å². The third-order valence-electron chi connectivity index (χ3n) is 3.74. The number of anilines is 4. The molecule has 0 aliphatic carbocycles. The molecule has 0 bridgehead atoms. The molecule has 8 N–H and O–H groups in total. The van der Waals surface area contributed by atoms with E-state index in [-0.39, 0.29) is 29.7 Å². The Morgan fingerprint density at radius 1 is 1.14 bits per heavy atom. The van der Waals surface area contributed by atoms with Crippen molar-refractivity contribution >= 4 is 33.4 Å². The van der Waals surface area contributed by atoms with Crippen LogP contribution >= 0.6 is 0 Å². The molecule has 1 aromatic carbocycles. The van der Waals surface area contributed by atoms with Gasteiger partial charge in [0.25, 0.3) is 0 Å². The maximum Gasteiger partial charge on any atom is 0.357 e. The van der Waals surface area contributed by atoms with E-state index in [0.717, 1.165) is 5.56 Å². The molecule has 2 heterocycles. The molecule has 0 fully saturated rings. The molecule has 0 atom stereocenters. The van der Waals surface area contributed by atoms with Gasteiger partial charge in [-0.15, -0.1) is 0 Å². The first-order valence-corrected chi connectivity index (χ1v) is 9.42. The molecule has 0 unspecified atom stereocenters. The number of hydrazine groups is 1. The zero-order valence-electron chi connectivity index (χ0n) is 14.8. The number of aryl methyl sites for hydroxylation is 1. The Balaban J connectivity index is 1.84. The number of furan rings is 1. The average molecular weight is 405 g/mol. The maximum absolute atomic E-state index is 10.8. The minimum absolute atomic E-state index is 0.0172. The predicted molar refractivity (Wildman–Crippen MR) is 105 cm³/mol. The van der Waals surface area contributed by atoms with Crippen molar-refractivity contribution in [1.29, 1.82) is 0 Å². The molecule has 0 aliphatic rings. The number of benzene rings is 1. The highest BCUT2D eigenvalue weighted by molar-refractivity contribution is 7.87. The number of rotatable bonds is 6. The Bertz CT molecular complexity index is 1100. The van der Waals surface area contributed by atoms with Gasteiger partial charge >= 0.3 is 10.3 Å². The molecule has 0 amide bonds.